The van der Waals surface area contributed by atoms with Crippen molar-refractivity contribution in [3.63, 3.8) is 0 Å². The molecule has 5 heteroatoms. The summed E-state index contributed by atoms with van der Waals surface area (Å²) in [6, 6.07) is 0. The molecule has 0 amide bonds. The second-order valence-electron chi connectivity index (χ2n) is 4.06. The molecule has 0 saturated carbocycles. The van der Waals surface area contributed by atoms with E-state index in [9.17, 15) is 0 Å². The van der Waals surface area contributed by atoms with Gasteiger partial charge in [0.1, 0.15) is 12.1 Å². The molecule has 0 spiro atoms. The second kappa shape index (κ2) is 7.84. The smallest absolute Gasteiger partial charge is 0.221 e. The summed E-state index contributed by atoms with van der Waals surface area (Å²) in [4.78, 5) is 8.09. The van der Waals surface area contributed by atoms with Crippen LogP contribution in [0.1, 0.15) is 44.6 Å². The molecule has 0 aromatic carbocycles. The van der Waals surface area contributed by atoms with Gasteiger partial charge in [-0.15, -0.1) is 0 Å². The first-order valence-electron chi connectivity index (χ1n) is 6.20. The number of hydrazine groups is 1. The van der Waals surface area contributed by atoms with E-state index in [2.05, 4.69) is 22.3 Å². The van der Waals surface area contributed by atoms with Gasteiger partial charge in [0.05, 0.1) is 12.2 Å². The third-order valence-electron chi connectivity index (χ3n) is 2.66. The first kappa shape index (κ1) is 13.7. The number of nitrogens with one attached hydrogen (secondary N) is 1. The molecular weight excluding hydrogens is 216 g/mol. The Bertz CT molecular complexity index is 330. The van der Waals surface area contributed by atoms with Crippen molar-refractivity contribution in [1.29, 1.82) is 0 Å². The summed E-state index contributed by atoms with van der Waals surface area (Å²) in [5.74, 6) is 6.56. The Morgan fingerprint density at radius 2 is 2.00 bits per heavy atom. The van der Waals surface area contributed by atoms with Gasteiger partial charge in [-0.05, 0) is 13.3 Å². The lowest BCUT2D eigenvalue weighted by Crippen LogP contribution is -2.11. The summed E-state index contributed by atoms with van der Waals surface area (Å²) in [5.41, 5.74) is 3.37. The van der Waals surface area contributed by atoms with Crippen molar-refractivity contribution in [2.75, 3.05) is 12.0 Å². The van der Waals surface area contributed by atoms with Crippen LogP contribution in [0.5, 0.6) is 5.88 Å². The Morgan fingerprint density at radius 3 is 2.71 bits per heavy atom. The summed E-state index contributed by atoms with van der Waals surface area (Å²) in [6.45, 7) is 4.80. The highest BCUT2D eigenvalue weighted by atomic mass is 16.5. The molecule has 1 aromatic rings. The first-order valence-corrected chi connectivity index (χ1v) is 6.20. The number of nitrogens with zero attached hydrogens (tertiary/aromatic N) is 2. The molecule has 1 heterocycles. The van der Waals surface area contributed by atoms with Crippen molar-refractivity contribution < 1.29 is 4.74 Å². The minimum atomic E-state index is 0.612. The van der Waals surface area contributed by atoms with E-state index < -0.39 is 0 Å². The fourth-order valence-corrected chi connectivity index (χ4v) is 1.60. The lowest BCUT2D eigenvalue weighted by molar-refractivity contribution is 0.291. The number of rotatable bonds is 8. The number of unbranched alkanes of at least 4 members (excludes halogenated alkanes) is 4. The van der Waals surface area contributed by atoms with E-state index in [-0.39, 0.29) is 0 Å². The molecule has 0 aliphatic carbocycles. The van der Waals surface area contributed by atoms with E-state index in [4.69, 9.17) is 10.6 Å². The summed E-state index contributed by atoms with van der Waals surface area (Å²) in [7, 11) is 0. The van der Waals surface area contributed by atoms with Crippen LogP contribution in [0.3, 0.4) is 0 Å². The Kier molecular flexibility index (Phi) is 6.32. The normalized spacial score (nSPS) is 10.3. The molecular formula is C12H22N4O. The number of ether oxygens (including phenoxy) is 1. The minimum Gasteiger partial charge on any atom is -0.477 e. The van der Waals surface area contributed by atoms with Gasteiger partial charge in [0.15, 0.2) is 0 Å². The molecule has 0 aliphatic rings. The van der Waals surface area contributed by atoms with Crippen LogP contribution in [0.4, 0.5) is 5.82 Å². The third kappa shape index (κ3) is 4.56. The zero-order chi connectivity index (χ0) is 12.5. The van der Waals surface area contributed by atoms with Crippen molar-refractivity contribution in [2.45, 2.75) is 46.0 Å². The highest BCUT2D eigenvalue weighted by molar-refractivity contribution is 5.46. The van der Waals surface area contributed by atoms with Crippen LogP contribution >= 0.6 is 0 Å². The van der Waals surface area contributed by atoms with Gasteiger partial charge in [-0.1, -0.05) is 32.6 Å². The fraction of sp³-hybridized carbons (Fsp3) is 0.667. The number of aromatic nitrogens is 2. The van der Waals surface area contributed by atoms with Gasteiger partial charge in [0, 0.05) is 0 Å². The number of hydrogen-bond donors (Lipinski definition) is 2. The molecule has 0 fully saturated rings. The summed E-state index contributed by atoms with van der Waals surface area (Å²) >= 11 is 0. The van der Waals surface area contributed by atoms with Crippen molar-refractivity contribution in [3.05, 3.63) is 11.9 Å². The number of nitrogen functional groups attached to an aromatic ring is 1. The Morgan fingerprint density at radius 1 is 1.24 bits per heavy atom. The SMILES string of the molecule is CCCCCCCOc1ncnc(NN)c1C. The minimum absolute atomic E-state index is 0.612. The Labute approximate surface area is 103 Å². The van der Waals surface area contributed by atoms with Crippen LogP contribution in [0.25, 0.3) is 0 Å². The highest BCUT2D eigenvalue weighted by Gasteiger charge is 2.06. The molecule has 3 N–H and O–H groups in total. The average molecular weight is 238 g/mol. The maximum atomic E-state index is 5.61. The number of nitrogens with two attached hydrogens (primary N) is 1. The molecule has 0 atom stereocenters. The quantitative estimate of drug-likeness (QED) is 0.413. The fourth-order valence-electron chi connectivity index (χ4n) is 1.60. The molecule has 96 valence electrons. The highest BCUT2D eigenvalue weighted by Crippen LogP contribution is 2.19. The molecule has 0 radical (unpaired) electrons. The maximum absolute atomic E-state index is 5.61. The zero-order valence-electron chi connectivity index (χ0n) is 10.7. The molecule has 0 bridgehead atoms. The Balaban J connectivity index is 2.31. The van der Waals surface area contributed by atoms with Gasteiger partial charge in [-0.25, -0.2) is 15.8 Å². The maximum Gasteiger partial charge on any atom is 0.221 e. The van der Waals surface area contributed by atoms with Crippen molar-refractivity contribution in [3.8, 4) is 5.88 Å². The van der Waals surface area contributed by atoms with Crippen molar-refractivity contribution in [2.24, 2.45) is 5.84 Å². The van der Waals surface area contributed by atoms with Gasteiger partial charge in [0.25, 0.3) is 0 Å². The summed E-state index contributed by atoms with van der Waals surface area (Å²) in [6.07, 6.45) is 7.56. The molecule has 0 saturated heterocycles. The standard InChI is InChI=1S/C12H22N4O/c1-3-4-5-6-7-8-17-12-10(2)11(16-13)14-9-15-12/h9H,3-8,13H2,1-2H3,(H,14,15,16). The van der Waals surface area contributed by atoms with Crippen LogP contribution in [-0.2, 0) is 0 Å². The monoisotopic (exact) mass is 238 g/mol. The molecule has 0 aliphatic heterocycles. The first-order chi connectivity index (χ1) is 8.29. The van der Waals surface area contributed by atoms with E-state index in [1.165, 1.54) is 32.0 Å². The van der Waals surface area contributed by atoms with Crippen LogP contribution in [0.2, 0.25) is 0 Å². The summed E-state index contributed by atoms with van der Waals surface area (Å²) < 4.78 is 5.61. The van der Waals surface area contributed by atoms with Crippen LogP contribution in [-0.4, -0.2) is 16.6 Å². The predicted molar refractivity (Wildman–Crippen MR) is 68.8 cm³/mol. The zero-order valence-corrected chi connectivity index (χ0v) is 10.7. The molecule has 17 heavy (non-hydrogen) atoms. The van der Waals surface area contributed by atoms with Crippen molar-refractivity contribution >= 4 is 5.82 Å². The average Bonchev–Trinajstić information content (AvgIpc) is 2.35. The summed E-state index contributed by atoms with van der Waals surface area (Å²) in [5, 5.41) is 0. The van der Waals surface area contributed by atoms with Crippen LogP contribution in [0.15, 0.2) is 6.33 Å². The largest absolute Gasteiger partial charge is 0.477 e. The van der Waals surface area contributed by atoms with Gasteiger partial charge in [-0.3, -0.25) is 0 Å². The van der Waals surface area contributed by atoms with Crippen molar-refractivity contribution in [1.82, 2.24) is 9.97 Å². The number of anilines is 1. The van der Waals surface area contributed by atoms with Gasteiger partial charge < -0.3 is 10.2 Å². The lowest BCUT2D eigenvalue weighted by atomic mass is 10.2. The van der Waals surface area contributed by atoms with Gasteiger partial charge in [0.2, 0.25) is 5.88 Å². The van der Waals surface area contributed by atoms with E-state index in [0.717, 1.165) is 12.0 Å². The molecule has 1 rings (SSSR count). The number of hydrogen-bond acceptors (Lipinski definition) is 5. The molecule has 1 aromatic heterocycles. The second-order valence-corrected chi connectivity index (χ2v) is 4.06. The molecule has 5 nitrogen and oxygen atoms in total. The topological polar surface area (TPSA) is 73.1 Å². The predicted octanol–water partition coefficient (Wildman–Crippen LogP) is 2.42. The Hall–Kier alpha value is -1.36. The van der Waals surface area contributed by atoms with E-state index in [1.54, 1.807) is 0 Å². The van der Waals surface area contributed by atoms with E-state index >= 15 is 0 Å². The van der Waals surface area contributed by atoms with Gasteiger partial charge >= 0.3 is 0 Å². The molecule has 0 unspecified atom stereocenters. The lowest BCUT2D eigenvalue weighted by Gasteiger charge is -2.09. The van der Waals surface area contributed by atoms with E-state index in [0.29, 0.717) is 18.3 Å². The van der Waals surface area contributed by atoms with Crippen LogP contribution in [0, 0.1) is 6.92 Å². The van der Waals surface area contributed by atoms with Gasteiger partial charge in [-0.2, -0.15) is 0 Å². The van der Waals surface area contributed by atoms with E-state index in [1.807, 2.05) is 6.92 Å². The van der Waals surface area contributed by atoms with Crippen LogP contribution < -0.4 is 16.0 Å². The third-order valence-corrected chi connectivity index (χ3v) is 2.66.